The van der Waals surface area contributed by atoms with Crippen molar-refractivity contribution < 1.29 is 4.74 Å². The molecule has 1 unspecified atom stereocenters. The van der Waals surface area contributed by atoms with E-state index in [9.17, 15) is 0 Å². The van der Waals surface area contributed by atoms with E-state index in [1.165, 1.54) is 24.8 Å². The summed E-state index contributed by atoms with van der Waals surface area (Å²) in [5.74, 6) is 2.18. The zero-order valence-electron chi connectivity index (χ0n) is 13.8. The summed E-state index contributed by atoms with van der Waals surface area (Å²) < 4.78 is 8.53. The molecule has 2 heterocycles. The Morgan fingerprint density at radius 2 is 2.22 bits per heavy atom. The molecule has 1 N–H and O–H groups in total. The van der Waals surface area contributed by atoms with Gasteiger partial charge in [-0.25, -0.2) is 4.98 Å². The minimum Gasteiger partial charge on any atom is -0.487 e. The number of fused-ring (bicyclic) bond motifs is 1. The zero-order chi connectivity index (χ0) is 15.7. The van der Waals surface area contributed by atoms with Crippen molar-refractivity contribution in [2.45, 2.75) is 57.2 Å². The topological polar surface area (TPSA) is 39.1 Å². The lowest BCUT2D eigenvalue weighted by atomic mass is 9.73. The van der Waals surface area contributed by atoms with Crippen molar-refractivity contribution in [2.24, 2.45) is 0 Å². The van der Waals surface area contributed by atoms with Gasteiger partial charge in [-0.15, -0.1) is 0 Å². The SMILES string of the molecule is Cc1nccn1CCCNC1CC2(CCC2)Oc2ccccc21. The Bertz CT molecular complexity index is 675. The van der Waals surface area contributed by atoms with Crippen LogP contribution in [0.4, 0.5) is 0 Å². The highest BCUT2D eigenvalue weighted by Crippen LogP contribution is 2.48. The Hall–Kier alpha value is -1.81. The lowest BCUT2D eigenvalue weighted by Crippen LogP contribution is -2.49. The summed E-state index contributed by atoms with van der Waals surface area (Å²) in [6, 6.07) is 8.94. The van der Waals surface area contributed by atoms with Gasteiger partial charge in [0.25, 0.3) is 0 Å². The fourth-order valence-electron chi connectivity index (χ4n) is 3.84. The Kier molecular flexibility index (Phi) is 3.85. The second kappa shape index (κ2) is 6.00. The summed E-state index contributed by atoms with van der Waals surface area (Å²) in [4.78, 5) is 4.28. The molecule has 1 fully saturated rings. The first-order chi connectivity index (χ1) is 11.3. The van der Waals surface area contributed by atoms with Crippen molar-refractivity contribution in [1.29, 1.82) is 0 Å². The van der Waals surface area contributed by atoms with Gasteiger partial charge in [-0.05, 0) is 45.2 Å². The molecule has 0 bridgehead atoms. The molecular weight excluding hydrogens is 286 g/mol. The molecule has 23 heavy (non-hydrogen) atoms. The number of nitrogens with zero attached hydrogens (tertiary/aromatic N) is 2. The fourth-order valence-corrected chi connectivity index (χ4v) is 3.84. The Morgan fingerprint density at radius 1 is 1.35 bits per heavy atom. The monoisotopic (exact) mass is 311 g/mol. The normalized spacial score (nSPS) is 21.5. The number of hydrogen-bond donors (Lipinski definition) is 1. The van der Waals surface area contributed by atoms with E-state index < -0.39 is 0 Å². The molecule has 4 rings (SSSR count). The molecule has 4 nitrogen and oxygen atoms in total. The van der Waals surface area contributed by atoms with Gasteiger partial charge in [0.15, 0.2) is 0 Å². The van der Waals surface area contributed by atoms with Gasteiger partial charge in [-0.1, -0.05) is 18.2 Å². The maximum Gasteiger partial charge on any atom is 0.124 e. The van der Waals surface area contributed by atoms with Crippen LogP contribution in [0, 0.1) is 6.92 Å². The summed E-state index contributed by atoms with van der Waals surface area (Å²) >= 11 is 0. The second-order valence-corrected chi connectivity index (χ2v) is 6.91. The average molecular weight is 311 g/mol. The summed E-state index contributed by atoms with van der Waals surface area (Å²) in [5.41, 5.74) is 1.43. The Labute approximate surface area is 137 Å². The molecule has 0 saturated heterocycles. The summed E-state index contributed by atoms with van der Waals surface area (Å²) in [6.45, 7) is 4.10. The highest BCUT2D eigenvalue weighted by molar-refractivity contribution is 5.39. The van der Waals surface area contributed by atoms with E-state index in [4.69, 9.17) is 4.74 Å². The first kappa shape index (κ1) is 14.8. The predicted octanol–water partition coefficient (Wildman–Crippen LogP) is 3.62. The van der Waals surface area contributed by atoms with Crippen LogP contribution in [0.1, 0.15) is 49.5 Å². The molecule has 1 spiro atoms. The van der Waals surface area contributed by atoms with Crippen molar-refractivity contribution in [3.63, 3.8) is 0 Å². The number of imidazole rings is 1. The van der Waals surface area contributed by atoms with Crippen molar-refractivity contribution in [3.8, 4) is 5.75 Å². The number of para-hydroxylation sites is 1. The van der Waals surface area contributed by atoms with Crippen molar-refractivity contribution in [3.05, 3.63) is 48.0 Å². The third-order valence-corrected chi connectivity index (χ3v) is 5.35. The second-order valence-electron chi connectivity index (χ2n) is 6.91. The van der Waals surface area contributed by atoms with Crippen molar-refractivity contribution >= 4 is 0 Å². The average Bonchev–Trinajstić information content (AvgIpc) is 2.95. The van der Waals surface area contributed by atoms with Crippen molar-refractivity contribution in [1.82, 2.24) is 14.9 Å². The molecule has 2 aliphatic rings. The lowest BCUT2D eigenvalue weighted by molar-refractivity contribution is -0.0368. The number of ether oxygens (including phenoxy) is 1. The summed E-state index contributed by atoms with van der Waals surface area (Å²) in [7, 11) is 0. The molecule has 1 aliphatic carbocycles. The van der Waals surface area contributed by atoms with E-state index in [2.05, 4.69) is 52.3 Å². The van der Waals surface area contributed by atoms with Crippen LogP contribution in [-0.4, -0.2) is 21.7 Å². The molecule has 1 saturated carbocycles. The largest absolute Gasteiger partial charge is 0.487 e. The van der Waals surface area contributed by atoms with Gasteiger partial charge in [-0.2, -0.15) is 0 Å². The first-order valence-electron chi connectivity index (χ1n) is 8.75. The van der Waals surface area contributed by atoms with Crippen molar-refractivity contribution in [2.75, 3.05) is 6.54 Å². The van der Waals surface area contributed by atoms with Gasteiger partial charge in [0.05, 0.1) is 0 Å². The van der Waals surface area contributed by atoms with Crippen LogP contribution < -0.4 is 10.1 Å². The third kappa shape index (κ3) is 2.88. The fraction of sp³-hybridized carbons (Fsp3) is 0.526. The quantitative estimate of drug-likeness (QED) is 0.857. The van der Waals surface area contributed by atoms with E-state index >= 15 is 0 Å². The molecule has 1 atom stereocenters. The number of hydrogen-bond acceptors (Lipinski definition) is 3. The molecule has 0 radical (unpaired) electrons. The van der Waals surface area contributed by atoms with E-state index in [0.29, 0.717) is 6.04 Å². The summed E-state index contributed by atoms with van der Waals surface area (Å²) in [6.07, 6.45) is 9.86. The standard InChI is InChI=1S/C19H25N3O/c1-15-20-11-13-22(15)12-5-10-21-17-14-19(8-4-9-19)23-18-7-3-2-6-16(17)18/h2-3,6-7,11,13,17,21H,4-5,8-10,12,14H2,1H3. The van der Waals surface area contributed by atoms with Gasteiger partial charge in [0, 0.05) is 37.0 Å². The van der Waals surface area contributed by atoms with Gasteiger partial charge in [-0.3, -0.25) is 0 Å². The number of aromatic nitrogens is 2. The van der Waals surface area contributed by atoms with Gasteiger partial charge in [0.2, 0.25) is 0 Å². The highest BCUT2D eigenvalue weighted by atomic mass is 16.5. The Morgan fingerprint density at radius 3 is 2.96 bits per heavy atom. The van der Waals surface area contributed by atoms with Crippen LogP contribution in [0.3, 0.4) is 0 Å². The highest BCUT2D eigenvalue weighted by Gasteiger charge is 2.45. The summed E-state index contributed by atoms with van der Waals surface area (Å²) in [5, 5.41) is 3.77. The van der Waals surface area contributed by atoms with Crippen LogP contribution in [0.15, 0.2) is 36.7 Å². The number of rotatable bonds is 5. The van der Waals surface area contributed by atoms with E-state index in [0.717, 1.165) is 37.5 Å². The molecule has 1 aliphatic heterocycles. The molecule has 1 aromatic carbocycles. The van der Waals surface area contributed by atoms with E-state index in [1.807, 2.05) is 6.20 Å². The Balaban J connectivity index is 1.39. The maximum absolute atomic E-state index is 6.31. The molecule has 1 aromatic heterocycles. The van der Waals surface area contributed by atoms with Crippen LogP contribution >= 0.6 is 0 Å². The minimum absolute atomic E-state index is 0.104. The maximum atomic E-state index is 6.31. The van der Waals surface area contributed by atoms with Crippen LogP contribution in [0.25, 0.3) is 0 Å². The molecule has 4 heteroatoms. The van der Waals surface area contributed by atoms with Crippen LogP contribution in [0.2, 0.25) is 0 Å². The number of benzene rings is 1. The predicted molar refractivity (Wildman–Crippen MR) is 90.6 cm³/mol. The van der Waals surface area contributed by atoms with Gasteiger partial charge < -0.3 is 14.6 Å². The minimum atomic E-state index is 0.104. The van der Waals surface area contributed by atoms with Gasteiger partial charge in [0.1, 0.15) is 17.2 Å². The van der Waals surface area contributed by atoms with Gasteiger partial charge >= 0.3 is 0 Å². The van der Waals surface area contributed by atoms with Crippen LogP contribution in [0.5, 0.6) is 5.75 Å². The third-order valence-electron chi connectivity index (χ3n) is 5.35. The van der Waals surface area contributed by atoms with E-state index in [1.54, 1.807) is 0 Å². The zero-order valence-corrected chi connectivity index (χ0v) is 13.8. The smallest absolute Gasteiger partial charge is 0.124 e. The van der Waals surface area contributed by atoms with Crippen LogP contribution in [-0.2, 0) is 6.54 Å². The first-order valence-corrected chi connectivity index (χ1v) is 8.75. The number of nitrogens with one attached hydrogen (secondary N) is 1. The van der Waals surface area contributed by atoms with E-state index in [-0.39, 0.29) is 5.60 Å². The molecule has 0 amide bonds. The molecule has 2 aromatic rings. The number of aryl methyl sites for hydroxylation is 2. The molecule has 122 valence electrons. The lowest BCUT2D eigenvalue weighted by Gasteiger charge is -2.48. The molecular formula is C19H25N3O.